The van der Waals surface area contributed by atoms with Crippen molar-refractivity contribution in [3.63, 3.8) is 0 Å². The number of halogens is 1. The summed E-state index contributed by atoms with van der Waals surface area (Å²) in [5.74, 6) is 0.723. The Morgan fingerprint density at radius 1 is 1.35 bits per heavy atom. The first-order valence-corrected chi connectivity index (χ1v) is 9.59. The van der Waals surface area contributed by atoms with Crippen LogP contribution in [0.3, 0.4) is 0 Å². The van der Waals surface area contributed by atoms with Crippen molar-refractivity contribution in [1.82, 2.24) is 4.98 Å². The first-order chi connectivity index (χ1) is 12.6. The van der Waals surface area contributed by atoms with E-state index in [1.807, 2.05) is 19.1 Å². The third kappa shape index (κ3) is 2.38. The average molecular weight is 387 g/mol. The molecule has 2 unspecified atom stereocenters. The summed E-state index contributed by atoms with van der Waals surface area (Å²) in [7, 11) is 0. The maximum atomic E-state index is 13.1. The summed E-state index contributed by atoms with van der Waals surface area (Å²) < 4.78 is 5.87. The fourth-order valence-electron chi connectivity index (χ4n) is 3.44. The van der Waals surface area contributed by atoms with Crippen LogP contribution in [0.2, 0.25) is 5.02 Å². The molecular formula is C18H15ClN4O2S. The van der Waals surface area contributed by atoms with Gasteiger partial charge in [-0.3, -0.25) is 14.7 Å². The number of thioether (sulfide) groups is 1. The molecule has 0 bridgehead atoms. The summed E-state index contributed by atoms with van der Waals surface area (Å²) in [6.07, 6.45) is 3.42. The van der Waals surface area contributed by atoms with Crippen LogP contribution in [0.25, 0.3) is 0 Å². The third-order valence-electron chi connectivity index (χ3n) is 4.69. The van der Waals surface area contributed by atoms with Gasteiger partial charge in [0.25, 0.3) is 0 Å². The number of ether oxygens (including phenoxy) is 1. The molecule has 0 saturated heterocycles. The molecular weight excluding hydrogens is 372 g/mol. The lowest BCUT2D eigenvalue weighted by molar-refractivity contribution is -0.117. The lowest BCUT2D eigenvalue weighted by atomic mass is 10.0. The van der Waals surface area contributed by atoms with Gasteiger partial charge < -0.3 is 10.1 Å². The third-order valence-corrected chi connectivity index (χ3v) is 6.20. The normalized spacial score (nSPS) is 25.8. The van der Waals surface area contributed by atoms with Crippen LogP contribution in [0.15, 0.2) is 40.5 Å². The molecule has 4 heterocycles. The van der Waals surface area contributed by atoms with E-state index in [1.165, 1.54) is 11.8 Å². The first-order valence-electron chi connectivity index (χ1n) is 8.34. The zero-order valence-corrected chi connectivity index (χ0v) is 15.4. The fraction of sp³-hybridized carbons (Fsp3) is 0.278. The topological polar surface area (TPSA) is 66.8 Å². The molecule has 1 amide bonds. The minimum absolute atomic E-state index is 0.00540. The second kappa shape index (κ2) is 5.89. The van der Waals surface area contributed by atoms with Gasteiger partial charge in [-0.1, -0.05) is 23.4 Å². The molecule has 3 atom stereocenters. The molecule has 8 heteroatoms. The molecule has 3 aliphatic heterocycles. The van der Waals surface area contributed by atoms with Crippen molar-refractivity contribution in [2.24, 2.45) is 4.99 Å². The number of anilines is 2. The summed E-state index contributed by atoms with van der Waals surface area (Å²) in [4.78, 5) is 23.9. The predicted octanol–water partition coefficient (Wildman–Crippen LogP) is 3.52. The highest BCUT2D eigenvalue weighted by molar-refractivity contribution is 8.01. The molecule has 1 N–H and O–H groups in total. The van der Waals surface area contributed by atoms with Gasteiger partial charge in [-0.25, -0.2) is 4.98 Å². The number of hydrogen-bond acceptors (Lipinski definition) is 6. The first kappa shape index (κ1) is 16.0. The Morgan fingerprint density at radius 2 is 2.15 bits per heavy atom. The second-order valence-electron chi connectivity index (χ2n) is 6.46. The number of nitrogens with one attached hydrogen (secondary N) is 1. The summed E-state index contributed by atoms with van der Waals surface area (Å²) in [6.45, 7) is 2.73. The zero-order valence-electron chi connectivity index (χ0n) is 13.8. The SMILES string of the molecule is C[C@H]1CNc2c(cnc3c2C2N=CN(c4ccc(Cl)cc4)C(=O)C2S3)O1. The molecule has 0 saturated carbocycles. The molecule has 1 aromatic carbocycles. The molecule has 132 valence electrons. The van der Waals surface area contributed by atoms with Crippen LogP contribution in [0.1, 0.15) is 18.5 Å². The van der Waals surface area contributed by atoms with E-state index >= 15 is 0 Å². The monoisotopic (exact) mass is 386 g/mol. The number of hydrogen-bond donors (Lipinski definition) is 1. The van der Waals surface area contributed by atoms with Crippen molar-refractivity contribution in [2.75, 3.05) is 16.8 Å². The molecule has 0 fully saturated rings. The van der Waals surface area contributed by atoms with Crippen molar-refractivity contribution in [1.29, 1.82) is 0 Å². The molecule has 3 aliphatic rings. The van der Waals surface area contributed by atoms with Gasteiger partial charge in [0.15, 0.2) is 5.75 Å². The second-order valence-corrected chi connectivity index (χ2v) is 8.02. The number of rotatable bonds is 1. The molecule has 0 spiro atoms. The van der Waals surface area contributed by atoms with Crippen LogP contribution < -0.4 is 15.0 Å². The van der Waals surface area contributed by atoms with Crippen LogP contribution in [-0.4, -0.2) is 35.1 Å². The number of benzene rings is 1. The van der Waals surface area contributed by atoms with Crippen molar-refractivity contribution in [3.05, 3.63) is 41.0 Å². The number of carbonyl (C=O) groups is 1. The lowest BCUT2D eigenvalue weighted by Gasteiger charge is -2.30. The van der Waals surface area contributed by atoms with E-state index in [1.54, 1.807) is 29.6 Å². The van der Waals surface area contributed by atoms with E-state index in [0.717, 1.165) is 34.3 Å². The zero-order chi connectivity index (χ0) is 17.8. The van der Waals surface area contributed by atoms with E-state index in [9.17, 15) is 4.79 Å². The highest BCUT2D eigenvalue weighted by Crippen LogP contribution is 2.52. The number of aromatic nitrogens is 1. The van der Waals surface area contributed by atoms with Crippen molar-refractivity contribution in [2.45, 2.75) is 29.3 Å². The Bertz CT molecular complexity index is 934. The lowest BCUT2D eigenvalue weighted by Crippen LogP contribution is -2.42. The van der Waals surface area contributed by atoms with E-state index in [4.69, 9.17) is 16.3 Å². The Hall–Kier alpha value is -2.25. The van der Waals surface area contributed by atoms with Gasteiger partial charge in [0.05, 0.1) is 24.8 Å². The molecule has 0 aliphatic carbocycles. The summed E-state index contributed by atoms with van der Waals surface area (Å²) in [5, 5.41) is 4.56. The molecule has 1 aromatic heterocycles. The summed E-state index contributed by atoms with van der Waals surface area (Å²) >= 11 is 7.41. The molecule has 5 rings (SSSR count). The van der Waals surface area contributed by atoms with E-state index in [0.29, 0.717) is 5.02 Å². The van der Waals surface area contributed by atoms with Gasteiger partial charge in [-0.05, 0) is 31.2 Å². The van der Waals surface area contributed by atoms with E-state index in [2.05, 4.69) is 15.3 Å². The van der Waals surface area contributed by atoms with Gasteiger partial charge in [0.2, 0.25) is 5.91 Å². The van der Waals surface area contributed by atoms with Crippen LogP contribution in [0.5, 0.6) is 5.75 Å². The predicted molar refractivity (Wildman–Crippen MR) is 103 cm³/mol. The quantitative estimate of drug-likeness (QED) is 0.812. The van der Waals surface area contributed by atoms with Gasteiger partial charge >= 0.3 is 0 Å². The van der Waals surface area contributed by atoms with Gasteiger partial charge in [0, 0.05) is 16.3 Å². The van der Waals surface area contributed by atoms with Gasteiger partial charge in [-0.2, -0.15) is 0 Å². The Morgan fingerprint density at radius 3 is 2.96 bits per heavy atom. The number of carbonyl (C=O) groups excluding carboxylic acids is 1. The van der Waals surface area contributed by atoms with Crippen LogP contribution in [0.4, 0.5) is 11.4 Å². The highest BCUT2D eigenvalue weighted by atomic mass is 35.5. The fourth-order valence-corrected chi connectivity index (χ4v) is 4.82. The standard InChI is InChI=1S/C18H15ClN4O2S/c1-9-6-20-14-12(25-9)7-21-17-13(14)15-16(26-17)18(24)23(8-22-15)11-4-2-10(19)3-5-11/h2-5,7-9,15-16,20H,6H2,1H3/t9-,15?,16?/m0/s1. The number of nitrogens with zero attached hydrogens (tertiary/aromatic N) is 3. The molecule has 2 aromatic rings. The molecule has 6 nitrogen and oxygen atoms in total. The van der Waals surface area contributed by atoms with Crippen LogP contribution >= 0.6 is 23.4 Å². The number of amides is 1. The minimum atomic E-state index is -0.328. The summed E-state index contributed by atoms with van der Waals surface area (Å²) in [6, 6.07) is 6.91. The number of fused-ring (bicyclic) bond motifs is 5. The Kier molecular flexibility index (Phi) is 3.62. The van der Waals surface area contributed by atoms with Crippen LogP contribution in [0, 0.1) is 0 Å². The Balaban J connectivity index is 1.53. The van der Waals surface area contributed by atoms with Crippen molar-refractivity contribution in [3.8, 4) is 5.75 Å². The van der Waals surface area contributed by atoms with Crippen molar-refractivity contribution >= 4 is 47.0 Å². The minimum Gasteiger partial charge on any atom is -0.485 e. The molecule has 0 radical (unpaired) electrons. The maximum Gasteiger partial charge on any atom is 0.248 e. The Labute approximate surface area is 159 Å². The molecule has 26 heavy (non-hydrogen) atoms. The van der Waals surface area contributed by atoms with Gasteiger partial charge in [-0.15, -0.1) is 0 Å². The van der Waals surface area contributed by atoms with Crippen molar-refractivity contribution < 1.29 is 9.53 Å². The summed E-state index contributed by atoms with van der Waals surface area (Å²) in [5.41, 5.74) is 2.63. The van der Waals surface area contributed by atoms with E-state index < -0.39 is 0 Å². The largest absolute Gasteiger partial charge is 0.485 e. The van der Waals surface area contributed by atoms with Gasteiger partial charge in [0.1, 0.15) is 22.4 Å². The van der Waals surface area contributed by atoms with E-state index in [-0.39, 0.29) is 23.3 Å². The maximum absolute atomic E-state index is 13.1. The smallest absolute Gasteiger partial charge is 0.248 e. The average Bonchev–Trinajstić information content (AvgIpc) is 3.03. The highest BCUT2D eigenvalue weighted by Gasteiger charge is 2.46. The van der Waals surface area contributed by atoms with Crippen LogP contribution in [-0.2, 0) is 4.79 Å². The number of aliphatic imine (C=N–C) groups is 1. The number of pyridine rings is 1.